The molecule has 5 nitrogen and oxygen atoms in total. The molecule has 0 saturated heterocycles. The number of hydrogen-bond acceptors (Lipinski definition) is 4. The summed E-state index contributed by atoms with van der Waals surface area (Å²) in [6.45, 7) is 7.76. The molecule has 2 aromatic heterocycles. The maximum atomic E-state index is 5.91. The zero-order valence-corrected chi connectivity index (χ0v) is 15.2. The smallest absolute Gasteiger partial charge is 0.297 e. The lowest BCUT2D eigenvalue weighted by Gasteiger charge is -2.19. The molecule has 0 unspecified atom stereocenters. The maximum absolute atomic E-state index is 5.91. The lowest BCUT2D eigenvalue weighted by Crippen LogP contribution is -2.23. The van der Waals surface area contributed by atoms with E-state index in [0.29, 0.717) is 24.3 Å². The molecule has 1 aromatic carbocycles. The number of fused-ring (bicyclic) bond motifs is 3. The summed E-state index contributed by atoms with van der Waals surface area (Å²) in [5, 5.41) is 0.433. The van der Waals surface area contributed by atoms with Crippen LogP contribution in [0.3, 0.4) is 0 Å². The van der Waals surface area contributed by atoms with Crippen LogP contribution in [0.4, 0.5) is 0 Å². The molecule has 3 heterocycles. The molecule has 4 rings (SSSR count). The molecule has 0 radical (unpaired) electrons. The first-order valence-electron chi connectivity index (χ1n) is 8.32. The fraction of sp³-hybridized carbons (Fsp3) is 0.368. The molecule has 0 bridgehead atoms. The predicted octanol–water partition coefficient (Wildman–Crippen LogP) is 4.22. The van der Waals surface area contributed by atoms with Gasteiger partial charge in [-0.1, -0.05) is 44.5 Å². The van der Waals surface area contributed by atoms with E-state index in [1.807, 2.05) is 16.7 Å². The van der Waals surface area contributed by atoms with Crippen LogP contribution in [-0.2, 0) is 12.0 Å². The standard InChI is InChI=1S/C19H20ClN3O2/c1-19(2,3)12-4-6-13(7-5-12)24-11-14-10-23-16-9-21-17(20)8-15(16)22-18(23)25-14/h4-9,14H,10-11H2,1-3H3/t14-/m0/s1. The zero-order chi connectivity index (χ0) is 17.6. The number of aromatic nitrogens is 3. The van der Waals surface area contributed by atoms with Crippen LogP contribution in [0.15, 0.2) is 36.5 Å². The van der Waals surface area contributed by atoms with Gasteiger partial charge in [-0.3, -0.25) is 4.57 Å². The first-order valence-corrected chi connectivity index (χ1v) is 8.70. The van der Waals surface area contributed by atoms with E-state index in [9.17, 15) is 0 Å². The minimum Gasteiger partial charge on any atom is -0.490 e. The summed E-state index contributed by atoms with van der Waals surface area (Å²) in [6, 6.07) is 10.6. The van der Waals surface area contributed by atoms with Gasteiger partial charge in [0.25, 0.3) is 6.01 Å². The van der Waals surface area contributed by atoms with Crippen molar-refractivity contribution in [3.63, 3.8) is 0 Å². The van der Waals surface area contributed by atoms with Crippen LogP contribution in [0.2, 0.25) is 5.15 Å². The normalized spacial score (nSPS) is 16.7. The molecule has 0 spiro atoms. The van der Waals surface area contributed by atoms with Crippen molar-refractivity contribution in [2.24, 2.45) is 0 Å². The highest BCUT2D eigenvalue weighted by Gasteiger charge is 2.27. The molecule has 6 heteroatoms. The number of rotatable bonds is 3. The predicted molar refractivity (Wildman–Crippen MR) is 97.6 cm³/mol. The first-order chi connectivity index (χ1) is 11.9. The Balaban J connectivity index is 1.41. The van der Waals surface area contributed by atoms with Crippen molar-refractivity contribution < 1.29 is 9.47 Å². The highest BCUT2D eigenvalue weighted by Crippen LogP contribution is 2.29. The van der Waals surface area contributed by atoms with Crippen molar-refractivity contribution in [2.75, 3.05) is 6.61 Å². The Bertz CT molecular complexity index is 913. The van der Waals surface area contributed by atoms with Gasteiger partial charge in [-0.25, -0.2) is 4.98 Å². The second kappa shape index (κ2) is 5.92. The van der Waals surface area contributed by atoms with E-state index in [1.54, 1.807) is 12.3 Å². The van der Waals surface area contributed by atoms with Crippen molar-refractivity contribution >= 4 is 22.6 Å². The van der Waals surface area contributed by atoms with Crippen LogP contribution in [0.1, 0.15) is 26.3 Å². The highest BCUT2D eigenvalue weighted by molar-refractivity contribution is 6.29. The van der Waals surface area contributed by atoms with Gasteiger partial charge >= 0.3 is 0 Å². The molecular weight excluding hydrogens is 338 g/mol. The molecule has 3 aromatic rings. The highest BCUT2D eigenvalue weighted by atomic mass is 35.5. The minimum absolute atomic E-state index is 0.0649. The van der Waals surface area contributed by atoms with Crippen molar-refractivity contribution in [1.29, 1.82) is 0 Å². The lowest BCUT2D eigenvalue weighted by atomic mass is 9.87. The molecule has 0 saturated carbocycles. The van der Waals surface area contributed by atoms with E-state index in [0.717, 1.165) is 16.8 Å². The van der Waals surface area contributed by atoms with Crippen LogP contribution in [0.25, 0.3) is 11.0 Å². The SMILES string of the molecule is CC(C)(C)c1ccc(OC[C@@H]2Cn3c(nc4cc(Cl)ncc43)O2)cc1. The van der Waals surface area contributed by atoms with E-state index in [1.165, 1.54) is 5.56 Å². The molecule has 0 amide bonds. The average Bonchev–Trinajstić information content (AvgIpc) is 3.09. The minimum atomic E-state index is -0.0649. The second-order valence-electron chi connectivity index (χ2n) is 7.33. The van der Waals surface area contributed by atoms with Gasteiger partial charge in [0.05, 0.1) is 23.8 Å². The van der Waals surface area contributed by atoms with Gasteiger partial charge in [-0.15, -0.1) is 0 Å². The number of nitrogens with zero attached hydrogens (tertiary/aromatic N) is 3. The molecule has 0 fully saturated rings. The van der Waals surface area contributed by atoms with Gasteiger partial charge in [0.1, 0.15) is 17.5 Å². The molecule has 1 aliphatic rings. The summed E-state index contributed by atoms with van der Waals surface area (Å²) in [5.74, 6) is 0.847. The van der Waals surface area contributed by atoms with E-state index >= 15 is 0 Å². The maximum Gasteiger partial charge on any atom is 0.297 e. The Kier molecular flexibility index (Phi) is 3.84. The molecule has 0 N–H and O–H groups in total. The molecule has 0 aliphatic carbocycles. The third-order valence-electron chi connectivity index (χ3n) is 4.38. The molecule has 130 valence electrons. The number of imidazole rings is 1. The van der Waals surface area contributed by atoms with Gasteiger partial charge in [-0.2, -0.15) is 4.98 Å². The van der Waals surface area contributed by atoms with Gasteiger partial charge in [-0.05, 0) is 23.1 Å². The van der Waals surface area contributed by atoms with Crippen LogP contribution < -0.4 is 9.47 Å². The van der Waals surface area contributed by atoms with Gasteiger partial charge in [0, 0.05) is 6.07 Å². The summed E-state index contributed by atoms with van der Waals surface area (Å²) in [7, 11) is 0. The Morgan fingerprint density at radius 2 is 2.04 bits per heavy atom. The van der Waals surface area contributed by atoms with Crippen molar-refractivity contribution in [1.82, 2.24) is 14.5 Å². The van der Waals surface area contributed by atoms with Crippen molar-refractivity contribution in [3.05, 3.63) is 47.2 Å². The van der Waals surface area contributed by atoms with Gasteiger partial charge in [0.2, 0.25) is 0 Å². The lowest BCUT2D eigenvalue weighted by molar-refractivity contribution is 0.144. The summed E-state index contributed by atoms with van der Waals surface area (Å²) in [5.41, 5.74) is 3.15. The Morgan fingerprint density at radius 3 is 2.76 bits per heavy atom. The van der Waals surface area contributed by atoms with Crippen LogP contribution in [0, 0.1) is 0 Å². The number of pyridine rings is 1. The topological polar surface area (TPSA) is 49.2 Å². The molecule has 25 heavy (non-hydrogen) atoms. The fourth-order valence-corrected chi connectivity index (χ4v) is 3.11. The monoisotopic (exact) mass is 357 g/mol. The summed E-state index contributed by atoms with van der Waals surface area (Å²) in [6.07, 6.45) is 1.66. The van der Waals surface area contributed by atoms with Gasteiger partial charge < -0.3 is 9.47 Å². The summed E-state index contributed by atoms with van der Waals surface area (Å²) < 4.78 is 13.8. The zero-order valence-electron chi connectivity index (χ0n) is 14.5. The molecule has 1 aliphatic heterocycles. The van der Waals surface area contributed by atoms with E-state index in [4.69, 9.17) is 21.1 Å². The Morgan fingerprint density at radius 1 is 1.28 bits per heavy atom. The van der Waals surface area contributed by atoms with E-state index < -0.39 is 0 Å². The average molecular weight is 358 g/mol. The number of ether oxygens (including phenoxy) is 2. The van der Waals surface area contributed by atoms with Crippen LogP contribution >= 0.6 is 11.6 Å². The number of hydrogen-bond donors (Lipinski definition) is 0. The first kappa shape index (κ1) is 16.2. The largest absolute Gasteiger partial charge is 0.490 e. The quantitative estimate of drug-likeness (QED) is 0.658. The third-order valence-corrected chi connectivity index (χ3v) is 4.59. The third kappa shape index (κ3) is 3.16. The number of halogens is 1. The van der Waals surface area contributed by atoms with E-state index in [-0.39, 0.29) is 11.5 Å². The Hall–Kier alpha value is -2.27. The molecule has 1 atom stereocenters. The summed E-state index contributed by atoms with van der Waals surface area (Å²) >= 11 is 5.91. The van der Waals surface area contributed by atoms with Crippen molar-refractivity contribution in [2.45, 2.75) is 38.8 Å². The summed E-state index contributed by atoms with van der Waals surface area (Å²) in [4.78, 5) is 8.58. The van der Waals surface area contributed by atoms with Gasteiger partial charge in [0.15, 0.2) is 6.10 Å². The van der Waals surface area contributed by atoms with Crippen molar-refractivity contribution in [3.8, 4) is 11.8 Å². The van der Waals surface area contributed by atoms with Crippen LogP contribution in [0.5, 0.6) is 11.8 Å². The second-order valence-corrected chi connectivity index (χ2v) is 7.71. The fourth-order valence-electron chi connectivity index (χ4n) is 2.96. The van der Waals surface area contributed by atoms with E-state index in [2.05, 4.69) is 42.9 Å². The Labute approximate surface area is 151 Å². The number of benzene rings is 1. The molecular formula is C19H20ClN3O2. The van der Waals surface area contributed by atoms with Crippen LogP contribution in [-0.4, -0.2) is 27.2 Å².